The number of rotatable bonds is 2. The summed E-state index contributed by atoms with van der Waals surface area (Å²) in [6.07, 6.45) is 2.36. The van der Waals surface area contributed by atoms with Crippen molar-refractivity contribution in [2.45, 2.75) is 26.7 Å². The summed E-state index contributed by atoms with van der Waals surface area (Å²) in [5, 5.41) is 0. The smallest absolute Gasteiger partial charge is 0.0149 e. The molecule has 0 saturated heterocycles. The van der Waals surface area contributed by atoms with Gasteiger partial charge in [0.25, 0.3) is 0 Å². The Morgan fingerprint density at radius 2 is 2.30 bits per heavy atom. The molecule has 0 bridgehead atoms. The molecule has 1 radical (unpaired) electrons. The summed E-state index contributed by atoms with van der Waals surface area (Å²) in [6.45, 7) is 4.31. The van der Waals surface area contributed by atoms with Gasteiger partial charge in [0.2, 0.25) is 0 Å². The zero-order chi connectivity index (χ0) is 7.40. The summed E-state index contributed by atoms with van der Waals surface area (Å²) in [5.74, 6) is 0. The number of aryl methyl sites for hydroxylation is 2. The van der Waals surface area contributed by atoms with E-state index >= 15 is 0 Å². The lowest BCUT2D eigenvalue weighted by Gasteiger charge is -1.97. The van der Waals surface area contributed by atoms with Gasteiger partial charge in [0.05, 0.1) is 0 Å². The van der Waals surface area contributed by atoms with Crippen LogP contribution in [0.2, 0.25) is 0 Å². The van der Waals surface area contributed by atoms with Crippen LogP contribution in [0.3, 0.4) is 0 Å². The topological polar surface area (TPSA) is 0 Å². The number of hydrogen-bond acceptors (Lipinski definition) is 0. The fraction of sp³-hybridized carbons (Fsp3) is 0.400. The molecule has 0 aliphatic carbocycles. The monoisotopic (exact) mass is 133 g/mol. The van der Waals surface area contributed by atoms with E-state index in [4.69, 9.17) is 0 Å². The molecule has 0 aliphatic heterocycles. The van der Waals surface area contributed by atoms with Crippen LogP contribution in [0.4, 0.5) is 0 Å². The van der Waals surface area contributed by atoms with Gasteiger partial charge in [0.1, 0.15) is 0 Å². The van der Waals surface area contributed by atoms with Crippen molar-refractivity contribution in [2.75, 3.05) is 0 Å². The Labute approximate surface area is 62.9 Å². The largest absolute Gasteiger partial charge is 0.0651 e. The van der Waals surface area contributed by atoms with Crippen molar-refractivity contribution in [3.8, 4) is 0 Å². The summed E-state index contributed by atoms with van der Waals surface area (Å²) in [4.78, 5) is 0. The fourth-order valence-electron chi connectivity index (χ4n) is 1.06. The van der Waals surface area contributed by atoms with Crippen LogP contribution in [0, 0.1) is 13.0 Å². The van der Waals surface area contributed by atoms with Gasteiger partial charge in [-0.1, -0.05) is 37.1 Å². The molecule has 0 unspecified atom stereocenters. The molecule has 1 aromatic carbocycles. The summed E-state index contributed by atoms with van der Waals surface area (Å²) < 4.78 is 0. The van der Waals surface area contributed by atoms with Crippen LogP contribution in [0.1, 0.15) is 24.5 Å². The van der Waals surface area contributed by atoms with Crippen LogP contribution < -0.4 is 0 Å². The fourth-order valence-corrected chi connectivity index (χ4v) is 1.06. The summed E-state index contributed by atoms with van der Waals surface area (Å²) in [6, 6.07) is 9.49. The van der Waals surface area contributed by atoms with E-state index in [9.17, 15) is 0 Å². The third-order valence-corrected chi connectivity index (χ3v) is 1.54. The van der Waals surface area contributed by atoms with Crippen molar-refractivity contribution in [3.05, 3.63) is 35.4 Å². The molecule has 1 aromatic rings. The highest BCUT2D eigenvalue weighted by Gasteiger charge is 1.89. The predicted octanol–water partition coefficient (Wildman–Crippen LogP) is 2.75. The van der Waals surface area contributed by atoms with Crippen LogP contribution in [0.15, 0.2) is 18.2 Å². The van der Waals surface area contributed by atoms with Crippen LogP contribution in [-0.4, -0.2) is 0 Å². The minimum Gasteiger partial charge on any atom is -0.0651 e. The molecule has 10 heavy (non-hydrogen) atoms. The maximum absolute atomic E-state index is 3.21. The second-order valence-corrected chi connectivity index (χ2v) is 2.64. The van der Waals surface area contributed by atoms with Gasteiger partial charge in [-0.25, -0.2) is 0 Å². The van der Waals surface area contributed by atoms with Crippen molar-refractivity contribution < 1.29 is 0 Å². The van der Waals surface area contributed by atoms with Gasteiger partial charge in [-0.05, 0) is 25.0 Å². The highest BCUT2D eigenvalue weighted by Crippen LogP contribution is 2.04. The maximum atomic E-state index is 3.21. The van der Waals surface area contributed by atoms with E-state index < -0.39 is 0 Å². The first-order valence-corrected chi connectivity index (χ1v) is 3.80. The molecule has 0 amide bonds. The first-order chi connectivity index (χ1) is 4.83. The molecule has 0 N–H and O–H groups in total. The van der Waals surface area contributed by atoms with E-state index in [0.29, 0.717) is 0 Å². The van der Waals surface area contributed by atoms with Gasteiger partial charge in [-0.15, -0.1) is 0 Å². The van der Waals surface area contributed by atoms with Gasteiger partial charge in [-0.3, -0.25) is 0 Å². The SMILES string of the molecule is CCCc1[c]ccc(C)c1. The molecule has 53 valence electrons. The summed E-state index contributed by atoms with van der Waals surface area (Å²) in [5.41, 5.74) is 2.67. The van der Waals surface area contributed by atoms with Crippen LogP contribution in [0.5, 0.6) is 0 Å². The molecule has 1 rings (SSSR count). The Morgan fingerprint density at radius 3 is 2.90 bits per heavy atom. The van der Waals surface area contributed by atoms with Crippen LogP contribution in [-0.2, 0) is 6.42 Å². The predicted molar refractivity (Wildman–Crippen MR) is 44.0 cm³/mol. The molecule has 0 aliphatic rings. The molecule has 0 saturated carbocycles. The van der Waals surface area contributed by atoms with Crippen molar-refractivity contribution >= 4 is 0 Å². The van der Waals surface area contributed by atoms with E-state index in [1.807, 2.05) is 6.07 Å². The zero-order valence-electron chi connectivity index (χ0n) is 6.65. The average molecular weight is 133 g/mol. The van der Waals surface area contributed by atoms with E-state index in [-0.39, 0.29) is 0 Å². The molecule has 0 nitrogen and oxygen atoms in total. The van der Waals surface area contributed by atoms with Gasteiger partial charge in [0, 0.05) is 0 Å². The first kappa shape index (κ1) is 7.33. The number of benzene rings is 1. The summed E-state index contributed by atoms with van der Waals surface area (Å²) in [7, 11) is 0. The van der Waals surface area contributed by atoms with E-state index in [2.05, 4.69) is 32.0 Å². The Bertz CT molecular complexity index is 201. The number of hydrogen-bond donors (Lipinski definition) is 0. The van der Waals surface area contributed by atoms with Gasteiger partial charge in [-0.2, -0.15) is 0 Å². The maximum Gasteiger partial charge on any atom is -0.0149 e. The third-order valence-electron chi connectivity index (χ3n) is 1.54. The van der Waals surface area contributed by atoms with E-state index in [0.717, 1.165) is 6.42 Å². The molecule has 0 aromatic heterocycles. The molecule has 0 heterocycles. The Balaban J connectivity index is 2.75. The lowest BCUT2D eigenvalue weighted by Crippen LogP contribution is -1.83. The van der Waals surface area contributed by atoms with Crippen molar-refractivity contribution in [2.24, 2.45) is 0 Å². The van der Waals surface area contributed by atoms with Crippen molar-refractivity contribution in [1.29, 1.82) is 0 Å². The Hall–Kier alpha value is -0.780. The first-order valence-electron chi connectivity index (χ1n) is 3.80. The van der Waals surface area contributed by atoms with Crippen molar-refractivity contribution in [3.63, 3.8) is 0 Å². The van der Waals surface area contributed by atoms with E-state index in [1.54, 1.807) is 0 Å². The third kappa shape index (κ3) is 1.87. The minimum atomic E-state index is 1.15. The Morgan fingerprint density at radius 1 is 1.50 bits per heavy atom. The second kappa shape index (κ2) is 3.40. The second-order valence-electron chi connectivity index (χ2n) is 2.64. The summed E-state index contributed by atoms with van der Waals surface area (Å²) >= 11 is 0. The normalized spacial score (nSPS) is 9.80. The molecular weight excluding hydrogens is 120 g/mol. The lowest BCUT2D eigenvalue weighted by atomic mass is 10.1. The quantitative estimate of drug-likeness (QED) is 0.582. The van der Waals surface area contributed by atoms with Gasteiger partial charge < -0.3 is 0 Å². The lowest BCUT2D eigenvalue weighted by molar-refractivity contribution is 0.918. The molecule has 0 fully saturated rings. The minimum absolute atomic E-state index is 1.15. The highest BCUT2D eigenvalue weighted by molar-refractivity contribution is 5.20. The zero-order valence-corrected chi connectivity index (χ0v) is 6.65. The average Bonchev–Trinajstić information content (AvgIpc) is 1.88. The van der Waals surface area contributed by atoms with Gasteiger partial charge in [0.15, 0.2) is 0 Å². The molecule has 0 heteroatoms. The van der Waals surface area contributed by atoms with Gasteiger partial charge >= 0.3 is 0 Å². The highest BCUT2D eigenvalue weighted by atomic mass is 13.9. The Kier molecular flexibility index (Phi) is 2.49. The van der Waals surface area contributed by atoms with Crippen molar-refractivity contribution in [1.82, 2.24) is 0 Å². The molecule has 0 atom stereocenters. The van der Waals surface area contributed by atoms with E-state index in [1.165, 1.54) is 17.5 Å². The standard InChI is InChI=1S/C10H13/c1-3-5-10-7-4-6-9(2)8-10/h4,6,8H,3,5H2,1-2H3. The molecular formula is C10H13. The molecule has 0 spiro atoms. The van der Waals surface area contributed by atoms with Crippen LogP contribution in [0.25, 0.3) is 0 Å². The van der Waals surface area contributed by atoms with Crippen LogP contribution >= 0.6 is 0 Å².